The molecule has 134 valence electrons. The van der Waals surface area contributed by atoms with Gasteiger partial charge in [0, 0.05) is 11.4 Å². The second-order valence-corrected chi connectivity index (χ2v) is 7.43. The van der Waals surface area contributed by atoms with Crippen LogP contribution in [0.5, 0.6) is 0 Å². The van der Waals surface area contributed by atoms with Crippen LogP contribution in [-0.2, 0) is 19.4 Å². The number of carbonyl (C=O) groups excluding carboxylic acids is 1. The van der Waals surface area contributed by atoms with Crippen LogP contribution in [0.25, 0.3) is 0 Å². The lowest BCUT2D eigenvalue weighted by molar-refractivity contribution is 0.0954. The second-order valence-electron chi connectivity index (χ2n) is 6.40. The van der Waals surface area contributed by atoms with Gasteiger partial charge < -0.3 is 10.6 Å². The van der Waals surface area contributed by atoms with Crippen molar-refractivity contribution in [2.24, 2.45) is 0 Å². The lowest BCUT2D eigenvalue weighted by Gasteiger charge is -2.12. The van der Waals surface area contributed by atoms with Gasteiger partial charge >= 0.3 is 0 Å². The minimum Gasteiger partial charge on any atom is -0.361 e. The Morgan fingerprint density at radius 3 is 2.88 bits per heavy atom. The monoisotopic (exact) mass is 366 g/mol. The van der Waals surface area contributed by atoms with Gasteiger partial charge in [-0.3, -0.25) is 4.79 Å². The van der Waals surface area contributed by atoms with Crippen LogP contribution in [0.4, 0.5) is 5.82 Å². The fourth-order valence-electron chi connectivity index (χ4n) is 3.38. The number of aryl methyl sites for hydroxylation is 1. The lowest BCUT2D eigenvalue weighted by atomic mass is 10.1. The van der Waals surface area contributed by atoms with E-state index in [1.807, 2.05) is 35.9 Å². The molecule has 3 heterocycles. The van der Waals surface area contributed by atoms with E-state index in [4.69, 9.17) is 0 Å². The third-order valence-electron chi connectivity index (χ3n) is 4.69. The summed E-state index contributed by atoms with van der Waals surface area (Å²) in [6.07, 6.45) is 1.60. The van der Waals surface area contributed by atoms with Crippen LogP contribution in [0.3, 0.4) is 0 Å². The van der Waals surface area contributed by atoms with Crippen molar-refractivity contribution in [3.63, 3.8) is 0 Å². The molecule has 5 nitrogen and oxygen atoms in total. The molecule has 26 heavy (non-hydrogen) atoms. The van der Waals surface area contributed by atoms with E-state index < -0.39 is 0 Å². The molecule has 6 heteroatoms. The maximum atomic E-state index is 12.8. The third kappa shape index (κ3) is 3.24. The van der Waals surface area contributed by atoms with Crippen molar-refractivity contribution in [3.05, 3.63) is 69.5 Å². The fourth-order valence-corrected chi connectivity index (χ4v) is 4.09. The number of anilines is 1. The van der Waals surface area contributed by atoms with E-state index >= 15 is 0 Å². The predicted octanol–water partition coefficient (Wildman–Crippen LogP) is 3.65. The van der Waals surface area contributed by atoms with Crippen molar-refractivity contribution in [2.45, 2.75) is 32.4 Å². The summed E-state index contributed by atoms with van der Waals surface area (Å²) < 4.78 is 1.94. The summed E-state index contributed by atoms with van der Waals surface area (Å²) in [5.41, 5.74) is 2.75. The number of hydrogen-bond donors (Lipinski definition) is 2. The minimum atomic E-state index is -0.0409. The normalized spacial score (nSPS) is 15.5. The first-order chi connectivity index (χ1) is 12.8. The molecule has 1 aliphatic rings. The number of hydrogen-bond acceptors (Lipinski definition) is 4. The average Bonchev–Trinajstić information content (AvgIpc) is 3.37. The Morgan fingerprint density at radius 2 is 2.15 bits per heavy atom. The molecule has 0 aliphatic carbocycles. The zero-order chi connectivity index (χ0) is 17.9. The highest BCUT2D eigenvalue weighted by Gasteiger charge is 2.30. The van der Waals surface area contributed by atoms with E-state index in [-0.39, 0.29) is 11.9 Å². The number of fused-ring (bicyclic) bond motifs is 1. The van der Waals surface area contributed by atoms with Crippen molar-refractivity contribution in [3.8, 4) is 0 Å². The molecule has 4 rings (SSSR count). The highest BCUT2D eigenvalue weighted by atomic mass is 32.1. The van der Waals surface area contributed by atoms with E-state index in [0.717, 1.165) is 30.9 Å². The number of thiophene rings is 1. The topological polar surface area (TPSA) is 59.0 Å². The Kier molecular flexibility index (Phi) is 4.75. The second kappa shape index (κ2) is 7.33. The highest BCUT2D eigenvalue weighted by molar-refractivity contribution is 7.09. The van der Waals surface area contributed by atoms with Crippen molar-refractivity contribution in [1.29, 1.82) is 0 Å². The van der Waals surface area contributed by atoms with Crippen LogP contribution in [0, 0.1) is 0 Å². The number of carbonyl (C=O) groups is 1. The standard InChI is InChI=1S/C20H22N4OS/c1-2-16-18(20(25)21-11-10-15-9-6-12-26-15)19-22-17(13-24(19)23-16)14-7-4-3-5-8-14/h3-9,12,17,22H,2,10-11,13H2,1H3,(H,21,25)/t17-/m0/s1. The van der Waals surface area contributed by atoms with Crippen LogP contribution in [0.15, 0.2) is 47.8 Å². The van der Waals surface area contributed by atoms with Gasteiger partial charge in [0.05, 0.1) is 18.3 Å². The van der Waals surface area contributed by atoms with Crippen LogP contribution in [-0.4, -0.2) is 22.2 Å². The predicted molar refractivity (Wildman–Crippen MR) is 105 cm³/mol. The van der Waals surface area contributed by atoms with E-state index in [2.05, 4.69) is 39.3 Å². The summed E-state index contributed by atoms with van der Waals surface area (Å²) in [6, 6.07) is 14.6. The fraction of sp³-hybridized carbons (Fsp3) is 0.300. The molecule has 0 fully saturated rings. The molecular weight excluding hydrogens is 344 g/mol. The first-order valence-corrected chi connectivity index (χ1v) is 9.86. The van der Waals surface area contributed by atoms with Crippen LogP contribution >= 0.6 is 11.3 Å². The first kappa shape index (κ1) is 16.8. The minimum absolute atomic E-state index is 0.0409. The van der Waals surface area contributed by atoms with Gasteiger partial charge in [0.2, 0.25) is 0 Å². The molecule has 0 saturated carbocycles. The largest absolute Gasteiger partial charge is 0.361 e. The number of benzene rings is 1. The van der Waals surface area contributed by atoms with Crippen LogP contribution in [0.1, 0.15) is 39.5 Å². The van der Waals surface area contributed by atoms with Crippen molar-refractivity contribution in [1.82, 2.24) is 15.1 Å². The molecular formula is C20H22N4OS. The zero-order valence-corrected chi connectivity index (χ0v) is 15.6. The van der Waals surface area contributed by atoms with Gasteiger partial charge in [-0.1, -0.05) is 43.3 Å². The molecule has 0 bridgehead atoms. The van der Waals surface area contributed by atoms with Gasteiger partial charge in [0.1, 0.15) is 11.4 Å². The van der Waals surface area contributed by atoms with Gasteiger partial charge in [0.25, 0.3) is 5.91 Å². The Morgan fingerprint density at radius 1 is 1.31 bits per heavy atom. The number of amides is 1. The number of nitrogens with one attached hydrogen (secondary N) is 2. The van der Waals surface area contributed by atoms with Gasteiger partial charge in [-0.25, -0.2) is 4.68 Å². The van der Waals surface area contributed by atoms with Crippen molar-refractivity contribution in [2.75, 3.05) is 11.9 Å². The van der Waals surface area contributed by atoms with Crippen LogP contribution in [0.2, 0.25) is 0 Å². The van der Waals surface area contributed by atoms with E-state index in [1.165, 1.54) is 10.4 Å². The maximum Gasteiger partial charge on any atom is 0.256 e. The van der Waals surface area contributed by atoms with Gasteiger partial charge in [-0.15, -0.1) is 11.3 Å². The summed E-state index contributed by atoms with van der Waals surface area (Å²) in [6.45, 7) is 3.42. The summed E-state index contributed by atoms with van der Waals surface area (Å²) in [5, 5.41) is 13.3. The van der Waals surface area contributed by atoms with Crippen LogP contribution < -0.4 is 10.6 Å². The Balaban J connectivity index is 1.49. The number of rotatable bonds is 6. The van der Waals surface area contributed by atoms with E-state index in [1.54, 1.807) is 11.3 Å². The summed E-state index contributed by atoms with van der Waals surface area (Å²) in [4.78, 5) is 14.1. The SMILES string of the molecule is CCc1nn2c(c1C(=O)NCCc1cccs1)N[C@H](c1ccccc1)C2. The first-order valence-electron chi connectivity index (χ1n) is 8.98. The number of nitrogens with zero attached hydrogens (tertiary/aromatic N) is 2. The molecule has 0 radical (unpaired) electrons. The molecule has 1 amide bonds. The Labute approximate surface area is 157 Å². The number of aromatic nitrogens is 2. The molecule has 0 saturated heterocycles. The molecule has 1 aliphatic heterocycles. The molecule has 0 spiro atoms. The molecule has 0 unspecified atom stereocenters. The van der Waals surface area contributed by atoms with Gasteiger partial charge in [0.15, 0.2) is 0 Å². The van der Waals surface area contributed by atoms with E-state index in [0.29, 0.717) is 12.1 Å². The van der Waals surface area contributed by atoms with Crippen molar-refractivity contribution >= 4 is 23.1 Å². The quantitative estimate of drug-likeness (QED) is 0.700. The Bertz CT molecular complexity index is 886. The highest BCUT2D eigenvalue weighted by Crippen LogP contribution is 2.33. The summed E-state index contributed by atoms with van der Waals surface area (Å²) in [7, 11) is 0. The average molecular weight is 366 g/mol. The summed E-state index contributed by atoms with van der Waals surface area (Å²) >= 11 is 1.72. The smallest absolute Gasteiger partial charge is 0.256 e. The molecule has 1 aromatic carbocycles. The third-order valence-corrected chi connectivity index (χ3v) is 5.63. The molecule has 2 aromatic heterocycles. The van der Waals surface area contributed by atoms with Crippen molar-refractivity contribution < 1.29 is 4.79 Å². The maximum absolute atomic E-state index is 12.8. The van der Waals surface area contributed by atoms with Gasteiger partial charge in [-0.2, -0.15) is 5.10 Å². The molecule has 1 atom stereocenters. The Hall–Kier alpha value is -2.60. The molecule has 3 aromatic rings. The summed E-state index contributed by atoms with van der Waals surface area (Å²) in [5.74, 6) is 0.796. The van der Waals surface area contributed by atoms with E-state index in [9.17, 15) is 4.79 Å². The lowest BCUT2D eigenvalue weighted by Crippen LogP contribution is -2.27. The molecule has 2 N–H and O–H groups in total. The zero-order valence-electron chi connectivity index (χ0n) is 14.7. The van der Waals surface area contributed by atoms with Gasteiger partial charge in [-0.05, 0) is 29.9 Å².